The van der Waals surface area contributed by atoms with Gasteiger partial charge in [-0.1, -0.05) is 47.7 Å². The number of methoxy groups -OCH3 is 2. The first-order valence-corrected chi connectivity index (χ1v) is 9.38. The lowest BCUT2D eigenvalue weighted by Crippen LogP contribution is -2.33. The van der Waals surface area contributed by atoms with Gasteiger partial charge in [-0.25, -0.2) is 0 Å². The van der Waals surface area contributed by atoms with Crippen molar-refractivity contribution in [3.8, 4) is 11.5 Å². The van der Waals surface area contributed by atoms with Gasteiger partial charge in [0.1, 0.15) is 0 Å². The monoisotopic (exact) mass is 370 g/mol. The minimum atomic E-state index is -0.117. The molecule has 6 heteroatoms. The van der Waals surface area contributed by atoms with Crippen LogP contribution in [0.2, 0.25) is 0 Å². The normalized spacial score (nSPS) is 13.5. The molecule has 0 N–H and O–H groups in total. The average molecular weight is 370 g/mol. The van der Waals surface area contributed by atoms with Crippen LogP contribution in [0, 0.1) is 6.92 Å². The lowest BCUT2D eigenvalue weighted by atomic mass is 10.1. The number of carbonyl (C=O) groups is 1. The molecule has 0 saturated heterocycles. The largest absolute Gasteiger partial charge is 0.493 e. The van der Waals surface area contributed by atoms with E-state index in [0.717, 1.165) is 10.9 Å². The smallest absolute Gasteiger partial charge is 0.263 e. The van der Waals surface area contributed by atoms with Crippen LogP contribution in [-0.4, -0.2) is 43.3 Å². The standard InChI is InChI=1S/C20H22N2O3S/c1-14-6-4-7-15(12-14)13-26-20-21-10-11-22(20)19(23)16-8-5-9-17(24-2)18(16)25-3/h4-9,12H,10-11,13H2,1-3H3. The van der Waals surface area contributed by atoms with Gasteiger partial charge in [-0.05, 0) is 24.6 Å². The molecule has 3 rings (SSSR count). The summed E-state index contributed by atoms with van der Waals surface area (Å²) in [7, 11) is 3.10. The van der Waals surface area contributed by atoms with Crippen LogP contribution in [0.3, 0.4) is 0 Å². The average Bonchev–Trinajstić information content (AvgIpc) is 3.13. The van der Waals surface area contributed by atoms with E-state index in [2.05, 4.69) is 30.1 Å². The van der Waals surface area contributed by atoms with Crippen LogP contribution in [0.15, 0.2) is 47.5 Å². The van der Waals surface area contributed by atoms with Crippen molar-refractivity contribution in [2.24, 2.45) is 4.99 Å². The molecule has 1 aliphatic heterocycles. The third-order valence-corrected chi connectivity index (χ3v) is 5.22. The summed E-state index contributed by atoms with van der Waals surface area (Å²) in [4.78, 5) is 19.3. The van der Waals surface area contributed by atoms with Crippen molar-refractivity contribution in [2.75, 3.05) is 27.3 Å². The molecule has 0 radical (unpaired) electrons. The number of aliphatic imine (C=N–C) groups is 1. The van der Waals surface area contributed by atoms with Crippen molar-refractivity contribution >= 4 is 22.8 Å². The van der Waals surface area contributed by atoms with Gasteiger partial charge in [-0.2, -0.15) is 0 Å². The molecule has 2 aromatic carbocycles. The third kappa shape index (κ3) is 3.85. The number of hydrogen-bond donors (Lipinski definition) is 0. The molecular weight excluding hydrogens is 348 g/mol. The highest BCUT2D eigenvalue weighted by molar-refractivity contribution is 8.13. The third-order valence-electron chi connectivity index (χ3n) is 4.13. The van der Waals surface area contributed by atoms with E-state index in [1.165, 1.54) is 11.1 Å². The Balaban J connectivity index is 1.76. The van der Waals surface area contributed by atoms with Gasteiger partial charge in [0, 0.05) is 12.3 Å². The van der Waals surface area contributed by atoms with Gasteiger partial charge in [0.2, 0.25) is 0 Å². The topological polar surface area (TPSA) is 51.1 Å². The van der Waals surface area contributed by atoms with Crippen molar-refractivity contribution in [3.05, 3.63) is 59.2 Å². The van der Waals surface area contributed by atoms with Gasteiger partial charge < -0.3 is 9.47 Å². The molecule has 0 saturated carbocycles. The van der Waals surface area contributed by atoms with Crippen LogP contribution in [0.4, 0.5) is 0 Å². The first kappa shape index (κ1) is 18.3. The minimum absolute atomic E-state index is 0.117. The van der Waals surface area contributed by atoms with Crippen molar-refractivity contribution in [3.63, 3.8) is 0 Å². The minimum Gasteiger partial charge on any atom is -0.493 e. The fraction of sp³-hybridized carbons (Fsp3) is 0.300. The first-order chi connectivity index (χ1) is 12.6. The second-order valence-corrected chi connectivity index (χ2v) is 6.88. The van der Waals surface area contributed by atoms with E-state index in [9.17, 15) is 4.79 Å². The van der Waals surface area contributed by atoms with E-state index >= 15 is 0 Å². The maximum absolute atomic E-state index is 13.1. The molecular formula is C20H22N2O3S. The number of nitrogens with zero attached hydrogens (tertiary/aromatic N) is 2. The highest BCUT2D eigenvalue weighted by Gasteiger charge is 2.28. The number of ether oxygens (including phenoxy) is 2. The Labute approximate surface area is 158 Å². The second-order valence-electron chi connectivity index (χ2n) is 5.94. The summed E-state index contributed by atoms with van der Waals surface area (Å²) < 4.78 is 10.7. The Morgan fingerprint density at radius 1 is 1.19 bits per heavy atom. The Hall–Kier alpha value is -2.47. The van der Waals surface area contributed by atoms with Gasteiger partial charge >= 0.3 is 0 Å². The van der Waals surface area contributed by atoms with Crippen molar-refractivity contribution < 1.29 is 14.3 Å². The van der Waals surface area contributed by atoms with Crippen LogP contribution >= 0.6 is 11.8 Å². The van der Waals surface area contributed by atoms with E-state index in [1.54, 1.807) is 49.1 Å². The molecule has 0 unspecified atom stereocenters. The number of rotatable bonds is 5. The maximum atomic E-state index is 13.1. The predicted octanol–water partition coefficient (Wildman–Crippen LogP) is 3.76. The van der Waals surface area contributed by atoms with Crippen LogP contribution in [0.1, 0.15) is 21.5 Å². The van der Waals surface area contributed by atoms with E-state index in [1.807, 2.05) is 6.07 Å². The van der Waals surface area contributed by atoms with Gasteiger partial charge in [-0.3, -0.25) is 14.7 Å². The zero-order valence-electron chi connectivity index (χ0n) is 15.2. The summed E-state index contributed by atoms with van der Waals surface area (Å²) in [5.41, 5.74) is 2.93. The summed E-state index contributed by atoms with van der Waals surface area (Å²) in [6.07, 6.45) is 0. The molecule has 1 aliphatic rings. The SMILES string of the molecule is COc1cccc(C(=O)N2CCN=C2SCc2cccc(C)c2)c1OC. The summed E-state index contributed by atoms with van der Waals surface area (Å²) in [6, 6.07) is 13.7. The number of carbonyl (C=O) groups excluding carboxylic acids is 1. The quantitative estimate of drug-likeness (QED) is 0.804. The predicted molar refractivity (Wildman–Crippen MR) is 105 cm³/mol. The van der Waals surface area contributed by atoms with Crippen LogP contribution in [-0.2, 0) is 5.75 Å². The first-order valence-electron chi connectivity index (χ1n) is 8.39. The zero-order chi connectivity index (χ0) is 18.5. The Bertz CT molecular complexity index is 836. The number of amides is 1. The van der Waals surface area contributed by atoms with E-state index < -0.39 is 0 Å². The lowest BCUT2D eigenvalue weighted by Gasteiger charge is -2.20. The van der Waals surface area contributed by atoms with Gasteiger partial charge in [0.05, 0.1) is 26.3 Å². The van der Waals surface area contributed by atoms with E-state index in [0.29, 0.717) is 30.2 Å². The summed E-state index contributed by atoms with van der Waals surface area (Å²) in [5, 5.41) is 0.751. The van der Waals surface area contributed by atoms with Crippen LogP contribution < -0.4 is 9.47 Å². The Kier molecular flexibility index (Phi) is 5.83. The molecule has 136 valence electrons. The molecule has 0 aliphatic carbocycles. The molecule has 5 nitrogen and oxygen atoms in total. The summed E-state index contributed by atoms with van der Waals surface area (Å²) in [6.45, 7) is 3.27. The molecule has 0 bridgehead atoms. The van der Waals surface area contributed by atoms with Gasteiger partial charge in [0.25, 0.3) is 5.91 Å². The van der Waals surface area contributed by atoms with Gasteiger partial charge in [-0.15, -0.1) is 0 Å². The number of hydrogen-bond acceptors (Lipinski definition) is 5. The number of benzene rings is 2. The summed E-state index contributed by atoms with van der Waals surface area (Å²) >= 11 is 1.58. The lowest BCUT2D eigenvalue weighted by molar-refractivity contribution is 0.0856. The van der Waals surface area contributed by atoms with Crippen LogP contribution in [0.5, 0.6) is 11.5 Å². The number of para-hydroxylation sites is 1. The number of aryl methyl sites for hydroxylation is 1. The molecule has 0 atom stereocenters. The molecule has 1 heterocycles. The van der Waals surface area contributed by atoms with Crippen molar-refractivity contribution in [2.45, 2.75) is 12.7 Å². The van der Waals surface area contributed by atoms with Crippen molar-refractivity contribution in [1.82, 2.24) is 4.90 Å². The van der Waals surface area contributed by atoms with E-state index in [-0.39, 0.29) is 5.91 Å². The fourth-order valence-electron chi connectivity index (χ4n) is 2.89. The molecule has 0 fully saturated rings. The molecule has 0 aromatic heterocycles. The van der Waals surface area contributed by atoms with Gasteiger partial charge in [0.15, 0.2) is 16.7 Å². The molecule has 2 aromatic rings. The van der Waals surface area contributed by atoms with Crippen molar-refractivity contribution in [1.29, 1.82) is 0 Å². The maximum Gasteiger partial charge on any atom is 0.263 e. The van der Waals surface area contributed by atoms with Crippen LogP contribution in [0.25, 0.3) is 0 Å². The summed E-state index contributed by atoms with van der Waals surface area (Å²) in [5.74, 6) is 1.66. The number of thioether (sulfide) groups is 1. The Morgan fingerprint density at radius 2 is 2.00 bits per heavy atom. The zero-order valence-corrected chi connectivity index (χ0v) is 16.0. The fourth-order valence-corrected chi connectivity index (χ4v) is 3.88. The Morgan fingerprint density at radius 3 is 2.73 bits per heavy atom. The second kappa shape index (κ2) is 8.27. The molecule has 0 spiro atoms. The number of amidine groups is 1. The highest BCUT2D eigenvalue weighted by atomic mass is 32.2. The van der Waals surface area contributed by atoms with E-state index in [4.69, 9.17) is 9.47 Å². The highest BCUT2D eigenvalue weighted by Crippen LogP contribution is 2.32. The molecule has 26 heavy (non-hydrogen) atoms. The molecule has 1 amide bonds.